The third-order valence-electron chi connectivity index (χ3n) is 1.73. The highest BCUT2D eigenvalue weighted by atomic mass is 127. The van der Waals surface area contributed by atoms with Crippen molar-refractivity contribution in [2.24, 2.45) is 0 Å². The van der Waals surface area contributed by atoms with Gasteiger partial charge in [-0.05, 0) is 22.6 Å². The fourth-order valence-corrected chi connectivity index (χ4v) is 2.01. The average molecular weight is 387 g/mol. The quantitative estimate of drug-likeness (QED) is 0.627. The highest BCUT2D eigenvalue weighted by molar-refractivity contribution is 14.1. The van der Waals surface area contributed by atoms with E-state index >= 15 is 0 Å². The Morgan fingerprint density at radius 1 is 1.22 bits per heavy atom. The Morgan fingerprint density at radius 3 is 2.17 bits per heavy atom. The molecule has 0 spiro atoms. The highest BCUT2D eigenvalue weighted by Gasteiger charge is 2.40. The SMILES string of the molecule is OCc1cnc(OC(F)(F)F)c(I)c1C(F)(F)F. The molecule has 0 fully saturated rings. The second-order valence-corrected chi connectivity index (χ2v) is 4.06. The number of hydrogen-bond acceptors (Lipinski definition) is 3. The van der Waals surface area contributed by atoms with E-state index < -0.39 is 39.7 Å². The fourth-order valence-electron chi connectivity index (χ4n) is 1.11. The predicted octanol–water partition coefficient (Wildman–Crippen LogP) is 3.10. The minimum Gasteiger partial charge on any atom is -0.392 e. The molecule has 1 rings (SSSR count). The molecular formula is C8H4F6INO2. The molecule has 0 unspecified atom stereocenters. The van der Waals surface area contributed by atoms with Crippen LogP contribution in [0.15, 0.2) is 6.20 Å². The molecule has 0 amide bonds. The summed E-state index contributed by atoms with van der Waals surface area (Å²) in [4.78, 5) is 3.10. The topological polar surface area (TPSA) is 42.4 Å². The van der Waals surface area contributed by atoms with Gasteiger partial charge in [0.1, 0.15) is 0 Å². The van der Waals surface area contributed by atoms with Crippen molar-refractivity contribution in [1.82, 2.24) is 4.98 Å². The number of ether oxygens (including phenoxy) is 1. The van der Waals surface area contributed by atoms with Gasteiger partial charge in [-0.2, -0.15) is 13.2 Å². The summed E-state index contributed by atoms with van der Waals surface area (Å²) in [5.74, 6) is -1.20. The van der Waals surface area contributed by atoms with Gasteiger partial charge in [0.25, 0.3) is 0 Å². The van der Waals surface area contributed by atoms with Crippen LogP contribution in [-0.4, -0.2) is 16.5 Å². The first kappa shape index (κ1) is 15.3. The van der Waals surface area contributed by atoms with Crippen LogP contribution in [0.1, 0.15) is 11.1 Å². The van der Waals surface area contributed by atoms with Crippen molar-refractivity contribution >= 4 is 22.6 Å². The molecule has 0 saturated carbocycles. The highest BCUT2D eigenvalue weighted by Crippen LogP contribution is 2.39. The van der Waals surface area contributed by atoms with E-state index in [1.807, 2.05) is 0 Å². The molecule has 0 atom stereocenters. The molecule has 3 nitrogen and oxygen atoms in total. The van der Waals surface area contributed by atoms with Crippen molar-refractivity contribution in [3.05, 3.63) is 20.9 Å². The van der Waals surface area contributed by atoms with Crippen LogP contribution in [0.25, 0.3) is 0 Å². The molecular weight excluding hydrogens is 383 g/mol. The molecule has 0 aromatic carbocycles. The molecule has 0 aliphatic heterocycles. The van der Waals surface area contributed by atoms with Crippen molar-refractivity contribution in [3.8, 4) is 5.88 Å². The van der Waals surface area contributed by atoms with Crippen molar-refractivity contribution in [2.45, 2.75) is 19.1 Å². The number of halogens is 7. The van der Waals surface area contributed by atoms with Crippen LogP contribution < -0.4 is 4.74 Å². The Bertz CT molecular complexity index is 444. The zero-order valence-corrected chi connectivity index (χ0v) is 10.4. The molecule has 0 aliphatic rings. The predicted molar refractivity (Wildman–Crippen MR) is 54.6 cm³/mol. The Labute approximate surface area is 110 Å². The smallest absolute Gasteiger partial charge is 0.392 e. The third kappa shape index (κ3) is 3.60. The number of aliphatic hydroxyl groups excluding tert-OH is 1. The normalized spacial score (nSPS) is 12.7. The number of alkyl halides is 6. The Hall–Kier alpha value is -0.780. The fraction of sp³-hybridized carbons (Fsp3) is 0.375. The molecule has 10 heteroatoms. The van der Waals surface area contributed by atoms with Crippen LogP contribution in [0.3, 0.4) is 0 Å². The lowest BCUT2D eigenvalue weighted by atomic mass is 10.1. The minimum atomic E-state index is -5.14. The van der Waals surface area contributed by atoms with E-state index in [4.69, 9.17) is 5.11 Å². The first-order valence-electron chi connectivity index (χ1n) is 4.17. The van der Waals surface area contributed by atoms with Crippen LogP contribution in [0.5, 0.6) is 5.88 Å². The molecule has 0 radical (unpaired) electrons. The second kappa shape index (κ2) is 5.07. The van der Waals surface area contributed by atoms with Crippen LogP contribution in [0, 0.1) is 3.57 Å². The number of hydrogen-bond donors (Lipinski definition) is 1. The van der Waals surface area contributed by atoms with Gasteiger partial charge in [-0.1, -0.05) is 0 Å². The van der Waals surface area contributed by atoms with Crippen molar-refractivity contribution < 1.29 is 36.2 Å². The van der Waals surface area contributed by atoms with Crippen molar-refractivity contribution in [3.63, 3.8) is 0 Å². The summed E-state index contributed by atoms with van der Waals surface area (Å²) in [6, 6.07) is 0. The Morgan fingerprint density at radius 2 is 1.78 bits per heavy atom. The minimum absolute atomic E-state index is 0.492. The molecule has 1 aromatic rings. The summed E-state index contributed by atoms with van der Waals surface area (Å²) >= 11 is 1.04. The lowest BCUT2D eigenvalue weighted by Crippen LogP contribution is -2.21. The van der Waals surface area contributed by atoms with Crippen LogP contribution in [0.4, 0.5) is 26.3 Å². The van der Waals surface area contributed by atoms with Crippen molar-refractivity contribution in [2.75, 3.05) is 0 Å². The largest absolute Gasteiger partial charge is 0.574 e. The lowest BCUT2D eigenvalue weighted by molar-refractivity contribution is -0.276. The maximum atomic E-state index is 12.6. The molecule has 1 N–H and O–H groups in total. The van der Waals surface area contributed by atoms with Crippen LogP contribution in [-0.2, 0) is 12.8 Å². The van der Waals surface area contributed by atoms with Crippen LogP contribution in [0.2, 0.25) is 0 Å². The number of pyridine rings is 1. The van der Waals surface area contributed by atoms with E-state index in [0.717, 1.165) is 22.6 Å². The molecule has 1 aromatic heterocycles. The summed E-state index contributed by atoms with van der Waals surface area (Å²) in [5.41, 5.74) is -2.01. The maximum absolute atomic E-state index is 12.6. The summed E-state index contributed by atoms with van der Waals surface area (Å²) < 4.78 is 76.2. The lowest BCUT2D eigenvalue weighted by Gasteiger charge is -2.16. The monoisotopic (exact) mass is 387 g/mol. The molecule has 0 saturated heterocycles. The van der Waals surface area contributed by atoms with Gasteiger partial charge in [0.2, 0.25) is 5.88 Å². The number of nitrogens with zero attached hydrogens (tertiary/aromatic N) is 1. The van der Waals surface area contributed by atoms with Gasteiger partial charge in [0.05, 0.1) is 15.7 Å². The van der Waals surface area contributed by atoms with Gasteiger partial charge in [-0.25, -0.2) is 4.98 Å². The number of aromatic nitrogens is 1. The van der Waals surface area contributed by atoms with Gasteiger partial charge in [0, 0.05) is 11.8 Å². The standard InChI is InChI=1S/C8H4F6INO2/c9-7(10,11)4-3(2-17)1-16-6(5(4)15)18-8(12,13)14/h1,17H,2H2. The van der Waals surface area contributed by atoms with E-state index in [1.54, 1.807) is 0 Å². The summed E-state index contributed by atoms with van der Waals surface area (Å²) in [7, 11) is 0. The zero-order valence-electron chi connectivity index (χ0n) is 8.23. The number of rotatable bonds is 2. The Balaban J connectivity index is 3.35. The first-order chi connectivity index (χ1) is 8.06. The van der Waals surface area contributed by atoms with Crippen LogP contribution >= 0.6 is 22.6 Å². The second-order valence-electron chi connectivity index (χ2n) is 2.98. The van der Waals surface area contributed by atoms with E-state index in [2.05, 4.69) is 9.72 Å². The van der Waals surface area contributed by atoms with Gasteiger partial charge in [-0.15, -0.1) is 13.2 Å². The van der Waals surface area contributed by atoms with Gasteiger partial charge in [-0.3, -0.25) is 0 Å². The molecule has 18 heavy (non-hydrogen) atoms. The maximum Gasteiger partial charge on any atom is 0.574 e. The summed E-state index contributed by atoms with van der Waals surface area (Å²) in [5, 5.41) is 8.72. The molecule has 0 aliphatic carbocycles. The molecule has 0 bridgehead atoms. The first-order valence-corrected chi connectivity index (χ1v) is 5.25. The third-order valence-corrected chi connectivity index (χ3v) is 2.73. The van der Waals surface area contributed by atoms with Gasteiger partial charge < -0.3 is 9.84 Å². The van der Waals surface area contributed by atoms with E-state index in [0.29, 0.717) is 6.20 Å². The molecule has 1 heterocycles. The van der Waals surface area contributed by atoms with Gasteiger partial charge >= 0.3 is 12.5 Å². The zero-order chi connectivity index (χ0) is 14.1. The number of aliphatic hydroxyl groups is 1. The molecule has 102 valence electrons. The summed E-state index contributed by atoms with van der Waals surface area (Å²) in [6.45, 7) is -0.996. The van der Waals surface area contributed by atoms with Gasteiger partial charge in [0.15, 0.2) is 0 Å². The van der Waals surface area contributed by atoms with E-state index in [-0.39, 0.29) is 0 Å². The Kier molecular flexibility index (Phi) is 4.30. The van der Waals surface area contributed by atoms with Crippen molar-refractivity contribution in [1.29, 1.82) is 0 Å². The average Bonchev–Trinajstić information content (AvgIpc) is 2.16. The summed E-state index contributed by atoms with van der Waals surface area (Å²) in [6.07, 6.45) is -9.57. The van der Waals surface area contributed by atoms with E-state index in [1.165, 1.54) is 0 Å². The van der Waals surface area contributed by atoms with E-state index in [9.17, 15) is 26.3 Å².